The Morgan fingerprint density at radius 1 is 1.14 bits per heavy atom. The molecular formula is C14H20N6O. The van der Waals surface area contributed by atoms with Gasteiger partial charge in [0.2, 0.25) is 11.9 Å². The highest BCUT2D eigenvalue weighted by Crippen LogP contribution is 2.30. The van der Waals surface area contributed by atoms with Gasteiger partial charge in [-0.1, -0.05) is 13.8 Å². The minimum atomic E-state index is 0.140. The van der Waals surface area contributed by atoms with Crippen molar-refractivity contribution in [2.45, 2.75) is 39.2 Å². The van der Waals surface area contributed by atoms with Gasteiger partial charge in [-0.05, 0) is 31.1 Å². The van der Waals surface area contributed by atoms with Gasteiger partial charge in [-0.25, -0.2) is 4.98 Å². The van der Waals surface area contributed by atoms with E-state index in [2.05, 4.69) is 33.8 Å². The first-order valence-electron chi connectivity index (χ1n) is 7.26. The zero-order chi connectivity index (χ0) is 14.8. The molecule has 112 valence electrons. The molecule has 1 saturated carbocycles. The maximum Gasteiger partial charge on any atom is 0.323 e. The summed E-state index contributed by atoms with van der Waals surface area (Å²) in [6.45, 7) is 4.51. The van der Waals surface area contributed by atoms with E-state index in [0.717, 1.165) is 12.8 Å². The summed E-state index contributed by atoms with van der Waals surface area (Å²) in [5.74, 6) is 1.89. The van der Waals surface area contributed by atoms with Crippen molar-refractivity contribution >= 4 is 5.95 Å². The molecule has 2 unspecified atom stereocenters. The van der Waals surface area contributed by atoms with Gasteiger partial charge in [0.15, 0.2) is 0 Å². The summed E-state index contributed by atoms with van der Waals surface area (Å²) in [5, 5.41) is 0. The summed E-state index contributed by atoms with van der Waals surface area (Å²) < 4.78 is 7.62. The van der Waals surface area contributed by atoms with Crippen LogP contribution in [0.2, 0.25) is 0 Å². The molecule has 21 heavy (non-hydrogen) atoms. The SMILES string of the molecule is CC1CC(C)CC(Oc2nc(N)nc(-n3ccnc3)n2)C1. The standard InChI is InChI=1S/C14H20N6O/c1-9-5-10(2)7-11(6-9)21-14-18-12(15)17-13(19-14)20-4-3-16-8-20/h3-4,8-11H,5-7H2,1-2H3,(H2,15,17,18,19). The average molecular weight is 288 g/mol. The van der Waals surface area contributed by atoms with E-state index in [0.29, 0.717) is 17.8 Å². The number of anilines is 1. The number of rotatable bonds is 3. The summed E-state index contributed by atoms with van der Waals surface area (Å²) >= 11 is 0. The van der Waals surface area contributed by atoms with Crippen molar-refractivity contribution in [3.63, 3.8) is 0 Å². The predicted molar refractivity (Wildman–Crippen MR) is 78.0 cm³/mol. The van der Waals surface area contributed by atoms with E-state index >= 15 is 0 Å². The van der Waals surface area contributed by atoms with Crippen molar-refractivity contribution in [3.8, 4) is 12.0 Å². The Kier molecular flexibility index (Phi) is 3.72. The molecule has 0 aromatic carbocycles. The second-order valence-electron chi connectivity index (χ2n) is 5.90. The summed E-state index contributed by atoms with van der Waals surface area (Å²) in [5.41, 5.74) is 5.75. The third kappa shape index (κ3) is 3.29. The second-order valence-corrected chi connectivity index (χ2v) is 5.90. The highest BCUT2D eigenvalue weighted by Gasteiger charge is 2.26. The smallest absolute Gasteiger partial charge is 0.323 e. The Balaban J connectivity index is 1.79. The van der Waals surface area contributed by atoms with Crippen LogP contribution in [0.4, 0.5) is 5.95 Å². The number of nitrogen functional groups attached to an aromatic ring is 1. The van der Waals surface area contributed by atoms with E-state index in [-0.39, 0.29) is 18.1 Å². The third-order valence-electron chi connectivity index (χ3n) is 3.76. The van der Waals surface area contributed by atoms with E-state index in [9.17, 15) is 0 Å². The van der Waals surface area contributed by atoms with Crippen molar-refractivity contribution in [1.29, 1.82) is 0 Å². The Labute approximate surface area is 123 Å². The van der Waals surface area contributed by atoms with Crippen LogP contribution in [0.5, 0.6) is 6.01 Å². The summed E-state index contributed by atoms with van der Waals surface area (Å²) in [7, 11) is 0. The van der Waals surface area contributed by atoms with E-state index in [1.807, 2.05) is 0 Å². The average Bonchev–Trinajstić information content (AvgIpc) is 2.90. The molecule has 7 nitrogen and oxygen atoms in total. The topological polar surface area (TPSA) is 91.7 Å². The van der Waals surface area contributed by atoms with E-state index in [1.165, 1.54) is 6.42 Å². The fourth-order valence-corrected chi connectivity index (χ4v) is 3.03. The molecule has 0 radical (unpaired) electrons. The first-order chi connectivity index (χ1) is 10.1. The predicted octanol–water partition coefficient (Wildman–Crippen LogP) is 1.84. The van der Waals surface area contributed by atoms with Gasteiger partial charge >= 0.3 is 6.01 Å². The number of hydrogen-bond acceptors (Lipinski definition) is 6. The number of nitrogens with two attached hydrogens (primary N) is 1. The zero-order valence-corrected chi connectivity index (χ0v) is 12.3. The van der Waals surface area contributed by atoms with Crippen LogP contribution in [0.1, 0.15) is 33.1 Å². The number of aromatic nitrogens is 5. The summed E-state index contributed by atoms with van der Waals surface area (Å²) in [4.78, 5) is 16.5. The zero-order valence-electron chi connectivity index (χ0n) is 12.3. The molecule has 0 spiro atoms. The molecule has 2 aromatic rings. The maximum absolute atomic E-state index is 5.94. The Bertz CT molecular complexity index is 590. The molecule has 1 fully saturated rings. The fourth-order valence-electron chi connectivity index (χ4n) is 3.03. The molecule has 7 heteroatoms. The van der Waals surface area contributed by atoms with Gasteiger partial charge in [-0.15, -0.1) is 0 Å². The van der Waals surface area contributed by atoms with Crippen LogP contribution in [0.25, 0.3) is 5.95 Å². The summed E-state index contributed by atoms with van der Waals surface area (Å²) in [6, 6.07) is 0.289. The van der Waals surface area contributed by atoms with Gasteiger partial charge in [-0.3, -0.25) is 4.57 Å². The van der Waals surface area contributed by atoms with Crippen molar-refractivity contribution in [1.82, 2.24) is 24.5 Å². The first kappa shape index (κ1) is 13.8. The molecule has 0 saturated heterocycles. The fraction of sp³-hybridized carbons (Fsp3) is 0.571. The van der Waals surface area contributed by atoms with Gasteiger partial charge < -0.3 is 10.5 Å². The Morgan fingerprint density at radius 2 is 1.90 bits per heavy atom. The molecule has 1 aliphatic carbocycles. The normalized spacial score (nSPS) is 25.7. The highest BCUT2D eigenvalue weighted by molar-refractivity contribution is 5.25. The lowest BCUT2D eigenvalue weighted by molar-refractivity contribution is 0.0919. The molecular weight excluding hydrogens is 268 g/mol. The Morgan fingerprint density at radius 3 is 2.57 bits per heavy atom. The molecule has 3 rings (SSSR count). The molecule has 0 amide bonds. The summed E-state index contributed by atoms with van der Waals surface area (Å²) in [6.07, 6.45) is 8.46. The van der Waals surface area contributed by atoms with Crippen LogP contribution in [0, 0.1) is 11.8 Å². The minimum absolute atomic E-state index is 0.140. The molecule has 2 N–H and O–H groups in total. The van der Waals surface area contributed by atoms with Gasteiger partial charge in [-0.2, -0.15) is 15.0 Å². The largest absolute Gasteiger partial charge is 0.460 e. The molecule has 2 heterocycles. The Hall–Kier alpha value is -2.18. The maximum atomic E-state index is 5.94. The van der Waals surface area contributed by atoms with Gasteiger partial charge in [0.1, 0.15) is 12.4 Å². The van der Waals surface area contributed by atoms with Crippen molar-refractivity contribution in [2.75, 3.05) is 5.73 Å². The van der Waals surface area contributed by atoms with E-state index < -0.39 is 0 Å². The van der Waals surface area contributed by atoms with Crippen LogP contribution in [-0.2, 0) is 0 Å². The van der Waals surface area contributed by atoms with Crippen LogP contribution in [0.3, 0.4) is 0 Å². The third-order valence-corrected chi connectivity index (χ3v) is 3.76. The van der Waals surface area contributed by atoms with E-state index in [4.69, 9.17) is 10.5 Å². The van der Waals surface area contributed by atoms with Gasteiger partial charge in [0.25, 0.3) is 0 Å². The lowest BCUT2D eigenvalue weighted by Crippen LogP contribution is -2.29. The lowest BCUT2D eigenvalue weighted by Gasteiger charge is -2.30. The number of imidazole rings is 1. The monoisotopic (exact) mass is 288 g/mol. The molecule has 2 aromatic heterocycles. The minimum Gasteiger partial charge on any atom is -0.460 e. The van der Waals surface area contributed by atoms with Crippen molar-refractivity contribution in [2.24, 2.45) is 11.8 Å². The second kappa shape index (κ2) is 5.67. The number of nitrogens with zero attached hydrogens (tertiary/aromatic N) is 5. The molecule has 1 aliphatic rings. The highest BCUT2D eigenvalue weighted by atomic mass is 16.5. The number of hydrogen-bond donors (Lipinski definition) is 1. The lowest BCUT2D eigenvalue weighted by atomic mass is 9.82. The first-order valence-corrected chi connectivity index (χ1v) is 7.26. The van der Waals surface area contributed by atoms with Crippen molar-refractivity contribution < 1.29 is 4.74 Å². The van der Waals surface area contributed by atoms with Crippen LogP contribution >= 0.6 is 0 Å². The van der Waals surface area contributed by atoms with Gasteiger partial charge in [0, 0.05) is 12.4 Å². The molecule has 2 atom stereocenters. The van der Waals surface area contributed by atoms with Crippen LogP contribution in [-0.4, -0.2) is 30.6 Å². The van der Waals surface area contributed by atoms with Gasteiger partial charge in [0.05, 0.1) is 0 Å². The van der Waals surface area contributed by atoms with Crippen LogP contribution < -0.4 is 10.5 Å². The molecule has 0 aliphatic heterocycles. The number of ether oxygens (including phenoxy) is 1. The van der Waals surface area contributed by atoms with E-state index in [1.54, 1.807) is 23.3 Å². The van der Waals surface area contributed by atoms with Crippen LogP contribution in [0.15, 0.2) is 18.7 Å². The van der Waals surface area contributed by atoms with Crippen molar-refractivity contribution in [3.05, 3.63) is 18.7 Å². The quantitative estimate of drug-likeness (QED) is 0.926. The molecule has 0 bridgehead atoms.